The van der Waals surface area contributed by atoms with Gasteiger partial charge in [0.25, 0.3) is 0 Å². The number of hydrogen-bond donors (Lipinski definition) is 0. The van der Waals surface area contributed by atoms with Gasteiger partial charge in [0.05, 0.1) is 21.6 Å². The topological polar surface area (TPSA) is 81.2 Å². The van der Waals surface area contributed by atoms with Crippen LogP contribution in [0.2, 0.25) is 0 Å². The first-order valence-electron chi connectivity index (χ1n) is 7.00. The summed E-state index contributed by atoms with van der Waals surface area (Å²) in [6.07, 6.45) is -2.15. The predicted octanol–water partition coefficient (Wildman–Crippen LogP) is 4.08. The lowest BCUT2D eigenvalue weighted by molar-refractivity contribution is -0.159. The molecular weight excluding hydrogens is 376 g/mol. The lowest BCUT2D eigenvalue weighted by atomic mass is 10.3. The molecule has 2 heterocycles. The lowest BCUT2D eigenvalue weighted by Gasteiger charge is -2.04. The predicted molar refractivity (Wildman–Crippen MR) is 83.4 cm³/mol. The van der Waals surface area contributed by atoms with Crippen molar-refractivity contribution in [1.82, 2.24) is 15.1 Å². The van der Waals surface area contributed by atoms with Gasteiger partial charge in [-0.2, -0.15) is 22.5 Å². The Morgan fingerprint density at radius 3 is 2.35 bits per heavy atom. The van der Waals surface area contributed by atoms with E-state index in [1.54, 1.807) is 0 Å². The standard InChI is InChI=1S/C15H10F4N4O2S/c1-26(24,11-5-2-9(16)3-6-11)23-10-4-7-12(20-8-10)13-21-14(25-22-13)15(17,18)19/h2-8H,1H3. The largest absolute Gasteiger partial charge is 0.471 e. The van der Waals surface area contributed by atoms with Gasteiger partial charge in [0.2, 0.25) is 5.82 Å². The highest BCUT2D eigenvalue weighted by molar-refractivity contribution is 7.93. The summed E-state index contributed by atoms with van der Waals surface area (Å²) in [4.78, 5) is 7.46. The molecule has 0 N–H and O–H groups in total. The molecule has 0 aliphatic heterocycles. The molecule has 11 heteroatoms. The molecule has 136 valence electrons. The van der Waals surface area contributed by atoms with Gasteiger partial charge in [-0.25, -0.2) is 8.60 Å². The third-order valence-electron chi connectivity index (χ3n) is 3.18. The van der Waals surface area contributed by atoms with Crippen molar-refractivity contribution in [3.05, 3.63) is 54.3 Å². The van der Waals surface area contributed by atoms with E-state index in [9.17, 15) is 21.8 Å². The number of hydrogen-bond acceptors (Lipinski definition) is 6. The highest BCUT2D eigenvalue weighted by Crippen LogP contribution is 2.29. The summed E-state index contributed by atoms with van der Waals surface area (Å²) in [7, 11) is -2.85. The first kappa shape index (κ1) is 18.0. The number of alkyl halides is 3. The van der Waals surface area contributed by atoms with E-state index in [2.05, 4.69) is 24.0 Å². The van der Waals surface area contributed by atoms with Crippen LogP contribution in [0.15, 0.2) is 56.4 Å². The molecule has 0 bridgehead atoms. The van der Waals surface area contributed by atoms with Crippen LogP contribution in [0.1, 0.15) is 5.89 Å². The maximum absolute atomic E-state index is 13.0. The molecule has 1 atom stereocenters. The monoisotopic (exact) mass is 386 g/mol. The van der Waals surface area contributed by atoms with Crippen LogP contribution in [0.4, 0.5) is 23.2 Å². The fraction of sp³-hybridized carbons (Fsp3) is 0.133. The van der Waals surface area contributed by atoms with Crippen molar-refractivity contribution in [3.8, 4) is 11.5 Å². The third-order valence-corrected chi connectivity index (χ3v) is 4.88. The summed E-state index contributed by atoms with van der Waals surface area (Å²) in [6.45, 7) is 0. The SMILES string of the molecule is CS(=O)(=Nc1ccc(-c2noc(C(F)(F)F)n2)nc1)c1ccc(F)cc1. The van der Waals surface area contributed by atoms with Crippen molar-refractivity contribution in [2.45, 2.75) is 11.1 Å². The minimum absolute atomic E-state index is 0.0348. The average Bonchev–Trinajstić information content (AvgIpc) is 3.06. The number of pyridine rings is 1. The van der Waals surface area contributed by atoms with E-state index >= 15 is 0 Å². The average molecular weight is 386 g/mol. The van der Waals surface area contributed by atoms with Crippen LogP contribution in [-0.2, 0) is 15.9 Å². The van der Waals surface area contributed by atoms with E-state index in [1.807, 2.05) is 0 Å². The van der Waals surface area contributed by atoms with Gasteiger partial charge in [0.1, 0.15) is 11.5 Å². The Hall–Kier alpha value is -2.82. The molecule has 0 amide bonds. The Balaban J connectivity index is 1.89. The van der Waals surface area contributed by atoms with E-state index < -0.39 is 27.6 Å². The highest BCUT2D eigenvalue weighted by atomic mass is 32.2. The second kappa shape index (κ2) is 6.48. The van der Waals surface area contributed by atoms with Gasteiger partial charge < -0.3 is 4.52 Å². The van der Waals surface area contributed by atoms with Gasteiger partial charge in [-0.15, -0.1) is 0 Å². The fourth-order valence-corrected chi connectivity index (χ4v) is 3.21. The van der Waals surface area contributed by atoms with Crippen LogP contribution in [0.5, 0.6) is 0 Å². The quantitative estimate of drug-likeness (QED) is 0.634. The van der Waals surface area contributed by atoms with Crippen LogP contribution in [-0.4, -0.2) is 25.6 Å². The van der Waals surface area contributed by atoms with Crippen molar-refractivity contribution >= 4 is 15.4 Å². The van der Waals surface area contributed by atoms with E-state index in [4.69, 9.17) is 0 Å². The molecule has 1 aromatic carbocycles. The van der Waals surface area contributed by atoms with Gasteiger partial charge >= 0.3 is 12.1 Å². The summed E-state index contributed by atoms with van der Waals surface area (Å²) in [5, 5.41) is 3.22. The minimum atomic E-state index is -4.75. The summed E-state index contributed by atoms with van der Waals surface area (Å²) in [5.41, 5.74) is 0.262. The van der Waals surface area contributed by atoms with Gasteiger partial charge in [0, 0.05) is 11.2 Å². The van der Waals surface area contributed by atoms with Crippen LogP contribution in [0.3, 0.4) is 0 Å². The van der Waals surface area contributed by atoms with Crippen molar-refractivity contribution in [2.24, 2.45) is 4.36 Å². The molecule has 0 radical (unpaired) electrons. The van der Waals surface area contributed by atoms with E-state index in [1.165, 1.54) is 48.9 Å². The Labute approximate surface area is 145 Å². The molecule has 26 heavy (non-hydrogen) atoms. The van der Waals surface area contributed by atoms with Crippen molar-refractivity contribution < 1.29 is 26.3 Å². The zero-order valence-corrected chi connectivity index (χ0v) is 13.9. The molecule has 3 rings (SSSR count). The normalized spacial score (nSPS) is 14.0. The van der Waals surface area contributed by atoms with Crippen molar-refractivity contribution in [2.75, 3.05) is 6.26 Å². The summed E-state index contributed by atoms with van der Waals surface area (Å²) < 4.78 is 71.2. The smallest absolute Gasteiger partial charge is 0.329 e. The molecule has 1 unspecified atom stereocenters. The number of rotatable bonds is 3. The molecule has 0 fully saturated rings. The van der Waals surface area contributed by atoms with Crippen LogP contribution >= 0.6 is 0 Å². The maximum Gasteiger partial charge on any atom is 0.471 e. The maximum atomic E-state index is 13.0. The fourth-order valence-electron chi connectivity index (χ4n) is 1.96. The van der Waals surface area contributed by atoms with Crippen molar-refractivity contribution in [3.63, 3.8) is 0 Å². The van der Waals surface area contributed by atoms with Gasteiger partial charge in [-0.3, -0.25) is 4.98 Å². The molecule has 0 saturated heterocycles. The van der Waals surface area contributed by atoms with E-state index in [0.717, 1.165) is 0 Å². The molecule has 0 spiro atoms. The molecule has 0 saturated carbocycles. The molecule has 6 nitrogen and oxygen atoms in total. The van der Waals surface area contributed by atoms with Gasteiger partial charge in [-0.1, -0.05) is 5.16 Å². The zero-order chi connectivity index (χ0) is 18.9. The third kappa shape index (κ3) is 3.87. The summed E-state index contributed by atoms with van der Waals surface area (Å²) >= 11 is 0. The number of nitrogens with zero attached hydrogens (tertiary/aromatic N) is 4. The number of benzene rings is 1. The number of halogens is 4. The van der Waals surface area contributed by atoms with Crippen LogP contribution in [0, 0.1) is 5.82 Å². The molecule has 3 aromatic rings. The first-order chi connectivity index (χ1) is 12.1. The lowest BCUT2D eigenvalue weighted by Crippen LogP contribution is -2.04. The Kier molecular flexibility index (Phi) is 4.48. The first-order valence-corrected chi connectivity index (χ1v) is 8.92. The van der Waals surface area contributed by atoms with Crippen molar-refractivity contribution in [1.29, 1.82) is 0 Å². The Bertz CT molecular complexity index is 1040. The summed E-state index contributed by atoms with van der Waals surface area (Å²) in [6, 6.07) is 7.79. The number of aromatic nitrogens is 3. The second-order valence-electron chi connectivity index (χ2n) is 5.17. The zero-order valence-electron chi connectivity index (χ0n) is 13.1. The Morgan fingerprint density at radius 1 is 1.12 bits per heavy atom. The molecule has 0 aliphatic carbocycles. The van der Waals surface area contributed by atoms with Crippen LogP contribution < -0.4 is 0 Å². The van der Waals surface area contributed by atoms with Crippen LogP contribution in [0.25, 0.3) is 11.5 Å². The second-order valence-corrected chi connectivity index (χ2v) is 7.43. The molecule has 2 aromatic heterocycles. The Morgan fingerprint density at radius 2 is 1.81 bits per heavy atom. The minimum Gasteiger partial charge on any atom is -0.329 e. The summed E-state index contributed by atoms with van der Waals surface area (Å²) in [5.74, 6) is -2.27. The highest BCUT2D eigenvalue weighted by Gasteiger charge is 2.38. The molecular formula is C15H10F4N4O2S. The van der Waals surface area contributed by atoms with E-state index in [0.29, 0.717) is 4.90 Å². The van der Waals surface area contributed by atoms with Gasteiger partial charge in [-0.05, 0) is 36.4 Å². The molecule has 0 aliphatic rings. The van der Waals surface area contributed by atoms with Gasteiger partial charge in [0.15, 0.2) is 0 Å². The van der Waals surface area contributed by atoms with E-state index in [-0.39, 0.29) is 17.2 Å².